The van der Waals surface area contributed by atoms with Gasteiger partial charge in [0.1, 0.15) is 0 Å². The summed E-state index contributed by atoms with van der Waals surface area (Å²) in [7, 11) is -2.72. The lowest BCUT2D eigenvalue weighted by Gasteiger charge is -1.82. The van der Waals surface area contributed by atoms with E-state index in [1.807, 2.05) is 0 Å². The average molecular weight is 162 g/mol. The Bertz CT molecular complexity index is 164. The molecule has 0 saturated carbocycles. The third-order valence-corrected chi connectivity index (χ3v) is 4.97. The molecular formula is H4O4P2S. The van der Waals surface area contributed by atoms with Crippen molar-refractivity contribution < 1.29 is 17.5 Å². The first kappa shape index (κ1) is 7.57. The van der Waals surface area contributed by atoms with Crippen molar-refractivity contribution in [3.63, 3.8) is 0 Å². The second-order valence-electron chi connectivity index (χ2n) is 0.794. The van der Waals surface area contributed by atoms with Crippen LogP contribution in [0.2, 0.25) is 0 Å². The van der Waals surface area contributed by atoms with E-state index in [0.717, 1.165) is 0 Å². The highest BCUT2D eigenvalue weighted by molar-refractivity contribution is 8.60. The second-order valence-corrected chi connectivity index (χ2v) is 7.97. The van der Waals surface area contributed by atoms with Crippen LogP contribution in [0.15, 0.2) is 0 Å². The Morgan fingerprint density at radius 1 is 1.57 bits per heavy atom. The van der Waals surface area contributed by atoms with E-state index in [0.29, 0.717) is 0 Å². The molecule has 0 saturated heterocycles. The van der Waals surface area contributed by atoms with Crippen LogP contribution in [0.25, 0.3) is 0 Å². The monoisotopic (exact) mass is 162 g/mol. The Balaban J connectivity index is 4.43. The zero-order chi connectivity index (χ0) is 6.08. The van der Waals surface area contributed by atoms with Gasteiger partial charge in [-0.3, -0.25) is 4.55 Å². The minimum Gasteiger partial charge on any atom is -0.303 e. The molecule has 0 aliphatic rings. The summed E-state index contributed by atoms with van der Waals surface area (Å²) in [5.41, 5.74) is 0. The van der Waals surface area contributed by atoms with E-state index >= 15 is 0 Å². The zero-order valence-electron chi connectivity index (χ0n) is 3.16. The van der Waals surface area contributed by atoms with Gasteiger partial charge in [-0.15, -0.1) is 0 Å². The maximum absolute atomic E-state index is 9.78. The Kier molecular flexibility index (Phi) is 2.41. The molecule has 0 aromatic rings. The predicted molar refractivity (Wildman–Crippen MR) is 30.3 cm³/mol. The summed E-state index contributed by atoms with van der Waals surface area (Å²) in [4.78, 5) is 0. The SMILES string of the molecule is O=[PH](P)S(=O)(=O)O. The zero-order valence-corrected chi connectivity index (χ0v) is 6.13. The first-order valence-electron chi connectivity index (χ1n) is 1.21. The van der Waals surface area contributed by atoms with E-state index in [2.05, 4.69) is 0 Å². The van der Waals surface area contributed by atoms with Crippen molar-refractivity contribution in [1.29, 1.82) is 0 Å². The van der Waals surface area contributed by atoms with Gasteiger partial charge in [0.05, 0.1) is 0 Å². The van der Waals surface area contributed by atoms with Gasteiger partial charge in [-0.1, -0.05) is 8.93 Å². The molecule has 0 aromatic carbocycles. The average Bonchev–Trinajstić information content (AvgIpc) is 1.31. The molecule has 0 bridgehead atoms. The lowest BCUT2D eigenvalue weighted by molar-refractivity contribution is 0.497. The first-order valence-corrected chi connectivity index (χ1v) is 6.60. The lowest BCUT2D eigenvalue weighted by Crippen LogP contribution is -1.82. The number of hydrogen-bond acceptors (Lipinski definition) is 3. The Morgan fingerprint density at radius 2 is 1.71 bits per heavy atom. The molecule has 0 amide bonds. The van der Waals surface area contributed by atoms with Crippen LogP contribution in [0, 0.1) is 0 Å². The van der Waals surface area contributed by atoms with Crippen LogP contribution in [0.4, 0.5) is 0 Å². The van der Waals surface area contributed by atoms with Crippen molar-refractivity contribution >= 4 is 25.4 Å². The second kappa shape index (κ2) is 2.23. The molecule has 7 heavy (non-hydrogen) atoms. The third kappa shape index (κ3) is 3.18. The smallest absolute Gasteiger partial charge is 0.303 e. The van der Waals surface area contributed by atoms with Crippen LogP contribution in [0.1, 0.15) is 0 Å². The first-order chi connectivity index (χ1) is 2.94. The van der Waals surface area contributed by atoms with Crippen LogP contribution < -0.4 is 0 Å². The van der Waals surface area contributed by atoms with Gasteiger partial charge in [0, 0.05) is 0 Å². The van der Waals surface area contributed by atoms with Crippen molar-refractivity contribution in [3.05, 3.63) is 0 Å². The highest BCUT2D eigenvalue weighted by Crippen LogP contribution is 2.36. The molecule has 7 heteroatoms. The summed E-state index contributed by atoms with van der Waals surface area (Å²) >= 11 is 0. The van der Waals surface area contributed by atoms with Crippen molar-refractivity contribution in [2.24, 2.45) is 0 Å². The van der Waals surface area contributed by atoms with Crippen LogP contribution in [0.5, 0.6) is 0 Å². The highest BCUT2D eigenvalue weighted by atomic mass is 32.9. The molecule has 0 spiro atoms. The van der Waals surface area contributed by atoms with Gasteiger partial charge in [0.2, 0.25) is 6.69 Å². The molecule has 0 fully saturated rings. The minimum atomic E-state index is -4.23. The summed E-state index contributed by atoms with van der Waals surface area (Å²) in [6, 6.07) is 0. The maximum Gasteiger partial charge on any atom is 0.316 e. The predicted octanol–water partition coefficient (Wildman–Crippen LogP) is 0.139. The molecule has 2 atom stereocenters. The molecule has 0 aliphatic heterocycles. The van der Waals surface area contributed by atoms with Crippen molar-refractivity contribution in [1.82, 2.24) is 0 Å². The summed E-state index contributed by atoms with van der Waals surface area (Å²) in [5, 5.41) is 0. The lowest BCUT2D eigenvalue weighted by atomic mass is 15.9. The fourth-order valence-electron chi connectivity index (χ4n) is 0. The molecule has 44 valence electrons. The van der Waals surface area contributed by atoms with Crippen LogP contribution in [-0.2, 0) is 14.3 Å². The molecule has 4 nitrogen and oxygen atoms in total. The minimum absolute atomic E-state index is 1.51. The fraction of sp³-hybridized carbons (Fsp3) is 0. The van der Waals surface area contributed by atoms with E-state index in [1.54, 1.807) is 0 Å². The van der Waals surface area contributed by atoms with E-state index in [4.69, 9.17) is 4.55 Å². The quantitative estimate of drug-likeness (QED) is 0.439. The molecule has 0 heterocycles. The highest BCUT2D eigenvalue weighted by Gasteiger charge is 2.06. The maximum atomic E-state index is 9.78. The molecule has 0 radical (unpaired) electrons. The molecule has 0 aliphatic carbocycles. The van der Waals surface area contributed by atoms with Crippen LogP contribution >= 0.6 is 15.6 Å². The molecule has 1 N–H and O–H groups in total. The number of rotatable bonds is 1. The Hall–Kier alpha value is 0.570. The Labute approximate surface area is 43.7 Å². The van der Waals surface area contributed by atoms with Gasteiger partial charge in [-0.2, -0.15) is 8.42 Å². The van der Waals surface area contributed by atoms with E-state index in [9.17, 15) is 13.0 Å². The topological polar surface area (TPSA) is 71.4 Å². The van der Waals surface area contributed by atoms with Crippen molar-refractivity contribution in [3.8, 4) is 0 Å². The number of hydrogen-bond donors (Lipinski definition) is 1. The van der Waals surface area contributed by atoms with Gasteiger partial charge in [-0.25, -0.2) is 0 Å². The van der Waals surface area contributed by atoms with Gasteiger partial charge in [0.25, 0.3) is 0 Å². The summed E-state index contributed by atoms with van der Waals surface area (Å²) in [6.45, 7) is -2.86. The van der Waals surface area contributed by atoms with E-state index in [1.165, 1.54) is 8.93 Å². The molecule has 0 rings (SSSR count). The van der Waals surface area contributed by atoms with Gasteiger partial charge >= 0.3 is 9.74 Å². The van der Waals surface area contributed by atoms with Crippen LogP contribution in [0.3, 0.4) is 0 Å². The largest absolute Gasteiger partial charge is 0.316 e. The fourth-order valence-corrected chi connectivity index (χ4v) is 0. The van der Waals surface area contributed by atoms with Gasteiger partial charge < -0.3 is 4.57 Å². The van der Waals surface area contributed by atoms with Crippen molar-refractivity contribution in [2.75, 3.05) is 0 Å². The molecule has 0 aromatic heterocycles. The summed E-state index contributed by atoms with van der Waals surface area (Å²) < 4.78 is 36.8. The van der Waals surface area contributed by atoms with E-state index in [-0.39, 0.29) is 0 Å². The third-order valence-electron chi connectivity index (χ3n) is 0.254. The van der Waals surface area contributed by atoms with E-state index < -0.39 is 16.4 Å². The van der Waals surface area contributed by atoms with Gasteiger partial charge in [0.15, 0.2) is 0 Å². The van der Waals surface area contributed by atoms with Crippen LogP contribution in [-0.4, -0.2) is 13.0 Å². The standard InChI is InChI=1S/H4O4P2S/c1-6(5)7(2,3)4/h6H,5H2,(H,2,3,4). The van der Waals surface area contributed by atoms with Crippen molar-refractivity contribution in [2.45, 2.75) is 0 Å². The summed E-state index contributed by atoms with van der Waals surface area (Å²) in [5.74, 6) is 0. The Morgan fingerprint density at radius 3 is 1.71 bits per heavy atom. The molecule has 2 unspecified atom stereocenters. The van der Waals surface area contributed by atoms with Gasteiger partial charge in [-0.05, 0) is 0 Å². The summed E-state index contributed by atoms with van der Waals surface area (Å²) in [6.07, 6.45) is 0. The molecular weight excluding hydrogens is 158 g/mol. The normalized spacial score (nSPS) is 16.3.